The Morgan fingerprint density at radius 2 is 2.00 bits per heavy atom. The summed E-state index contributed by atoms with van der Waals surface area (Å²) in [6.45, 7) is 10.6. The van der Waals surface area contributed by atoms with Crippen LogP contribution in [0, 0.1) is 17.3 Å². The summed E-state index contributed by atoms with van der Waals surface area (Å²) in [5, 5.41) is 0. The monoisotopic (exact) mass is 220 g/mol. The SMILES string of the molecule is CC=CC(=O)C1C(=CC)C(C)CCC1(C)C. The average Bonchev–Trinajstić information content (AvgIpc) is 2.21. The van der Waals surface area contributed by atoms with Gasteiger partial charge >= 0.3 is 0 Å². The fourth-order valence-corrected chi connectivity index (χ4v) is 2.90. The lowest BCUT2D eigenvalue weighted by Crippen LogP contribution is -2.38. The normalized spacial score (nSPS) is 32.2. The Bertz CT molecular complexity index is 320. The number of allylic oxidation sites excluding steroid dienone is 4. The molecule has 16 heavy (non-hydrogen) atoms. The largest absolute Gasteiger partial charge is 0.294 e. The van der Waals surface area contributed by atoms with Crippen molar-refractivity contribution in [1.29, 1.82) is 0 Å². The number of hydrogen-bond acceptors (Lipinski definition) is 1. The molecule has 0 radical (unpaired) electrons. The predicted molar refractivity (Wildman–Crippen MR) is 69.2 cm³/mol. The highest BCUT2D eigenvalue weighted by atomic mass is 16.1. The molecule has 1 fully saturated rings. The lowest BCUT2D eigenvalue weighted by Gasteiger charge is -2.42. The van der Waals surface area contributed by atoms with Crippen LogP contribution in [0.4, 0.5) is 0 Å². The van der Waals surface area contributed by atoms with Crippen molar-refractivity contribution in [2.24, 2.45) is 17.3 Å². The second-order valence-corrected chi connectivity index (χ2v) is 5.55. The molecule has 0 spiro atoms. The van der Waals surface area contributed by atoms with Crippen LogP contribution in [-0.4, -0.2) is 5.78 Å². The number of carbonyl (C=O) groups excluding carboxylic acids is 1. The molecular formula is C15H24O. The van der Waals surface area contributed by atoms with Crippen LogP contribution >= 0.6 is 0 Å². The van der Waals surface area contributed by atoms with Gasteiger partial charge in [-0.25, -0.2) is 0 Å². The highest BCUT2D eigenvalue weighted by Gasteiger charge is 2.41. The topological polar surface area (TPSA) is 17.1 Å². The van der Waals surface area contributed by atoms with Gasteiger partial charge in [-0.1, -0.05) is 38.5 Å². The van der Waals surface area contributed by atoms with E-state index in [1.807, 2.05) is 13.0 Å². The minimum absolute atomic E-state index is 0.0810. The van der Waals surface area contributed by atoms with Crippen LogP contribution < -0.4 is 0 Å². The van der Waals surface area contributed by atoms with Crippen LogP contribution in [0.15, 0.2) is 23.8 Å². The van der Waals surface area contributed by atoms with Crippen molar-refractivity contribution in [2.45, 2.75) is 47.5 Å². The van der Waals surface area contributed by atoms with Crippen molar-refractivity contribution in [3.63, 3.8) is 0 Å². The van der Waals surface area contributed by atoms with Gasteiger partial charge in [0.1, 0.15) is 0 Å². The molecule has 2 unspecified atom stereocenters. The van der Waals surface area contributed by atoms with Gasteiger partial charge in [-0.15, -0.1) is 0 Å². The molecule has 1 aliphatic carbocycles. The van der Waals surface area contributed by atoms with Gasteiger partial charge in [-0.05, 0) is 44.1 Å². The van der Waals surface area contributed by atoms with Crippen LogP contribution in [-0.2, 0) is 4.79 Å². The zero-order chi connectivity index (χ0) is 12.3. The third-order valence-electron chi connectivity index (χ3n) is 3.85. The molecule has 0 aromatic heterocycles. The Morgan fingerprint density at radius 1 is 1.38 bits per heavy atom. The van der Waals surface area contributed by atoms with Crippen LogP contribution in [0.2, 0.25) is 0 Å². The van der Waals surface area contributed by atoms with E-state index in [4.69, 9.17) is 0 Å². The van der Waals surface area contributed by atoms with Crippen LogP contribution in [0.1, 0.15) is 47.5 Å². The van der Waals surface area contributed by atoms with Crippen molar-refractivity contribution < 1.29 is 4.79 Å². The lowest BCUT2D eigenvalue weighted by molar-refractivity contribution is -0.121. The Labute approximate surface area is 99.6 Å². The van der Waals surface area contributed by atoms with Crippen LogP contribution in [0.3, 0.4) is 0 Å². The van der Waals surface area contributed by atoms with E-state index >= 15 is 0 Å². The van der Waals surface area contributed by atoms with Crippen molar-refractivity contribution >= 4 is 5.78 Å². The third kappa shape index (κ3) is 2.45. The molecule has 1 heteroatoms. The molecule has 1 nitrogen and oxygen atoms in total. The summed E-state index contributed by atoms with van der Waals surface area (Å²) in [5.41, 5.74) is 1.43. The number of hydrogen-bond donors (Lipinski definition) is 0. The van der Waals surface area contributed by atoms with Crippen molar-refractivity contribution in [1.82, 2.24) is 0 Å². The van der Waals surface area contributed by atoms with E-state index in [0.717, 1.165) is 6.42 Å². The first-order chi connectivity index (χ1) is 7.44. The van der Waals surface area contributed by atoms with Gasteiger partial charge in [0, 0.05) is 5.92 Å². The van der Waals surface area contributed by atoms with Crippen molar-refractivity contribution in [2.75, 3.05) is 0 Å². The van der Waals surface area contributed by atoms with Gasteiger partial charge in [0.25, 0.3) is 0 Å². The van der Waals surface area contributed by atoms with Crippen LogP contribution in [0.5, 0.6) is 0 Å². The molecule has 0 N–H and O–H groups in total. The van der Waals surface area contributed by atoms with Gasteiger partial charge in [-0.2, -0.15) is 0 Å². The fraction of sp³-hybridized carbons (Fsp3) is 0.667. The summed E-state index contributed by atoms with van der Waals surface area (Å²) in [4.78, 5) is 12.2. The minimum Gasteiger partial charge on any atom is -0.294 e. The molecule has 1 aliphatic rings. The zero-order valence-electron chi connectivity index (χ0n) is 11.2. The van der Waals surface area contributed by atoms with E-state index in [0.29, 0.717) is 5.92 Å². The second kappa shape index (κ2) is 4.99. The standard InChI is InChI=1S/C15H24O/c1-6-8-13(16)14-12(7-2)11(3)9-10-15(14,4)5/h6-8,11,14H,9-10H2,1-5H3. The van der Waals surface area contributed by atoms with Crippen LogP contribution in [0.25, 0.3) is 0 Å². The number of carbonyl (C=O) groups is 1. The summed E-state index contributed by atoms with van der Waals surface area (Å²) in [6, 6.07) is 0. The maximum absolute atomic E-state index is 12.2. The molecule has 0 bridgehead atoms. The van der Waals surface area contributed by atoms with Crippen molar-refractivity contribution in [3.8, 4) is 0 Å². The number of ketones is 1. The Morgan fingerprint density at radius 3 is 2.50 bits per heavy atom. The molecule has 0 saturated heterocycles. The van der Waals surface area contributed by atoms with E-state index in [9.17, 15) is 4.79 Å². The average molecular weight is 220 g/mol. The molecule has 1 saturated carbocycles. The second-order valence-electron chi connectivity index (χ2n) is 5.55. The minimum atomic E-state index is 0.0810. The lowest BCUT2D eigenvalue weighted by atomic mass is 9.61. The van der Waals surface area contributed by atoms with Crippen molar-refractivity contribution in [3.05, 3.63) is 23.8 Å². The molecule has 0 aliphatic heterocycles. The van der Waals surface area contributed by atoms with E-state index in [2.05, 4.69) is 33.8 Å². The quantitative estimate of drug-likeness (QED) is 0.504. The Kier molecular flexibility index (Phi) is 4.12. The van der Waals surface area contributed by atoms with Gasteiger partial charge < -0.3 is 0 Å². The summed E-state index contributed by atoms with van der Waals surface area (Å²) < 4.78 is 0. The molecule has 0 heterocycles. The zero-order valence-corrected chi connectivity index (χ0v) is 11.2. The fourth-order valence-electron chi connectivity index (χ4n) is 2.90. The molecular weight excluding hydrogens is 196 g/mol. The van der Waals surface area contributed by atoms with E-state index in [-0.39, 0.29) is 17.1 Å². The highest BCUT2D eigenvalue weighted by Crippen LogP contribution is 2.46. The molecule has 2 atom stereocenters. The maximum atomic E-state index is 12.2. The maximum Gasteiger partial charge on any atom is 0.163 e. The molecule has 0 aromatic carbocycles. The number of rotatable bonds is 2. The van der Waals surface area contributed by atoms with Gasteiger partial charge in [0.15, 0.2) is 5.78 Å². The smallest absolute Gasteiger partial charge is 0.163 e. The molecule has 0 aromatic rings. The van der Waals surface area contributed by atoms with E-state index in [1.54, 1.807) is 6.08 Å². The van der Waals surface area contributed by atoms with Gasteiger partial charge in [0.05, 0.1) is 0 Å². The predicted octanol–water partition coefficient (Wildman–Crippen LogP) is 4.15. The molecule has 1 rings (SSSR count). The Balaban J connectivity index is 3.09. The molecule has 0 amide bonds. The summed E-state index contributed by atoms with van der Waals surface area (Å²) in [7, 11) is 0. The van der Waals surface area contributed by atoms with E-state index in [1.165, 1.54) is 12.0 Å². The third-order valence-corrected chi connectivity index (χ3v) is 3.85. The summed E-state index contributed by atoms with van der Waals surface area (Å²) >= 11 is 0. The first-order valence-corrected chi connectivity index (χ1v) is 6.26. The summed E-state index contributed by atoms with van der Waals surface area (Å²) in [6.07, 6.45) is 8.07. The summed E-state index contributed by atoms with van der Waals surface area (Å²) in [5.74, 6) is 0.904. The van der Waals surface area contributed by atoms with E-state index < -0.39 is 0 Å². The first-order valence-electron chi connectivity index (χ1n) is 6.26. The highest BCUT2D eigenvalue weighted by molar-refractivity contribution is 5.94. The van der Waals surface area contributed by atoms with Gasteiger partial charge in [-0.3, -0.25) is 4.79 Å². The van der Waals surface area contributed by atoms with Gasteiger partial charge in [0.2, 0.25) is 0 Å². The first kappa shape index (κ1) is 13.2. The Hall–Kier alpha value is -0.850. The molecule has 90 valence electrons.